The van der Waals surface area contributed by atoms with Gasteiger partial charge in [0.1, 0.15) is 0 Å². The van der Waals surface area contributed by atoms with Gasteiger partial charge in [0.05, 0.1) is 12.6 Å². The number of amides is 1. The van der Waals surface area contributed by atoms with Crippen molar-refractivity contribution in [2.75, 3.05) is 33.3 Å². The van der Waals surface area contributed by atoms with Crippen LogP contribution in [0.1, 0.15) is 25.3 Å². The molecule has 0 radical (unpaired) electrons. The van der Waals surface area contributed by atoms with Crippen molar-refractivity contribution in [2.24, 2.45) is 0 Å². The van der Waals surface area contributed by atoms with E-state index in [1.807, 2.05) is 30.0 Å². The van der Waals surface area contributed by atoms with Gasteiger partial charge in [0.2, 0.25) is 5.91 Å². The van der Waals surface area contributed by atoms with Gasteiger partial charge in [-0.25, -0.2) is 0 Å². The van der Waals surface area contributed by atoms with Crippen molar-refractivity contribution in [1.29, 1.82) is 0 Å². The number of hydrogen-bond donors (Lipinski definition) is 0. The number of likely N-dealkylation sites (tertiary alicyclic amines) is 1. The highest BCUT2D eigenvalue weighted by Crippen LogP contribution is 2.13. The molecule has 1 amide bonds. The van der Waals surface area contributed by atoms with E-state index >= 15 is 0 Å². The summed E-state index contributed by atoms with van der Waals surface area (Å²) >= 11 is 0. The minimum atomic E-state index is 0.220. The summed E-state index contributed by atoms with van der Waals surface area (Å²) in [6, 6.07) is 10.2. The number of piperidine rings is 1. The normalized spacial score (nSPS) is 16.9. The molecule has 1 aliphatic heterocycles. The quantitative estimate of drug-likeness (QED) is 0.805. The van der Waals surface area contributed by atoms with Gasteiger partial charge >= 0.3 is 0 Å². The largest absolute Gasteiger partial charge is 0.381 e. The van der Waals surface area contributed by atoms with Crippen molar-refractivity contribution >= 4 is 5.91 Å². The minimum absolute atomic E-state index is 0.220. The fraction of sp³-hybridized carbons (Fsp3) is 0.588. The third-order valence-corrected chi connectivity index (χ3v) is 4.18. The number of methoxy groups -OCH3 is 1. The smallest absolute Gasteiger partial charge is 0.237 e. The van der Waals surface area contributed by atoms with Gasteiger partial charge in [-0.15, -0.1) is 0 Å². The molecular weight excluding hydrogens is 264 g/mol. The van der Waals surface area contributed by atoms with Gasteiger partial charge in [-0.05, 0) is 25.3 Å². The average molecular weight is 290 g/mol. The highest BCUT2D eigenvalue weighted by Gasteiger charge is 2.22. The zero-order valence-corrected chi connectivity index (χ0v) is 13.1. The first kappa shape index (κ1) is 16.0. The van der Waals surface area contributed by atoms with Crippen LogP contribution in [-0.2, 0) is 16.1 Å². The van der Waals surface area contributed by atoms with E-state index in [0.29, 0.717) is 19.2 Å². The minimum Gasteiger partial charge on any atom is -0.381 e. The van der Waals surface area contributed by atoms with E-state index in [1.165, 1.54) is 5.56 Å². The van der Waals surface area contributed by atoms with Gasteiger partial charge in [0, 0.05) is 33.3 Å². The summed E-state index contributed by atoms with van der Waals surface area (Å²) in [4.78, 5) is 16.6. The summed E-state index contributed by atoms with van der Waals surface area (Å²) in [5, 5.41) is 0. The highest BCUT2D eigenvalue weighted by atomic mass is 16.5. The zero-order valence-electron chi connectivity index (χ0n) is 13.1. The zero-order chi connectivity index (χ0) is 15.1. The van der Waals surface area contributed by atoms with Gasteiger partial charge in [0.15, 0.2) is 0 Å². The number of carbonyl (C=O) groups is 1. The van der Waals surface area contributed by atoms with Crippen molar-refractivity contribution in [3.8, 4) is 0 Å². The van der Waals surface area contributed by atoms with Crippen molar-refractivity contribution in [3.05, 3.63) is 35.9 Å². The van der Waals surface area contributed by atoms with E-state index in [4.69, 9.17) is 4.74 Å². The SMILES string of the molecule is CCN(Cc1ccccc1)C(=O)CN1CCC(OC)CC1. The van der Waals surface area contributed by atoms with Crippen LogP contribution in [0.4, 0.5) is 0 Å². The van der Waals surface area contributed by atoms with Crippen molar-refractivity contribution in [3.63, 3.8) is 0 Å². The molecule has 1 aromatic rings. The molecule has 0 atom stereocenters. The molecule has 1 aliphatic rings. The molecule has 0 unspecified atom stereocenters. The summed E-state index contributed by atoms with van der Waals surface area (Å²) in [5.74, 6) is 0.220. The molecule has 0 spiro atoms. The fourth-order valence-electron chi connectivity index (χ4n) is 2.77. The Balaban J connectivity index is 1.83. The van der Waals surface area contributed by atoms with Gasteiger partial charge in [-0.2, -0.15) is 0 Å². The molecule has 1 fully saturated rings. The molecule has 4 heteroatoms. The molecule has 0 aliphatic carbocycles. The standard InChI is InChI=1S/C17H26N2O2/c1-3-19(13-15-7-5-4-6-8-15)17(20)14-18-11-9-16(21-2)10-12-18/h4-8,16H,3,9-14H2,1-2H3. The van der Waals surface area contributed by atoms with Crippen molar-refractivity contribution in [2.45, 2.75) is 32.4 Å². The number of likely N-dealkylation sites (N-methyl/N-ethyl adjacent to an activating group) is 1. The lowest BCUT2D eigenvalue weighted by Crippen LogP contribution is -2.44. The van der Waals surface area contributed by atoms with Crippen LogP contribution in [0.15, 0.2) is 30.3 Å². The van der Waals surface area contributed by atoms with Gasteiger partial charge < -0.3 is 9.64 Å². The first-order valence-corrected chi connectivity index (χ1v) is 7.79. The maximum atomic E-state index is 12.5. The van der Waals surface area contributed by atoms with Crippen molar-refractivity contribution < 1.29 is 9.53 Å². The summed E-state index contributed by atoms with van der Waals surface area (Å²) < 4.78 is 5.37. The highest BCUT2D eigenvalue weighted by molar-refractivity contribution is 5.78. The van der Waals surface area contributed by atoms with Crippen LogP contribution in [-0.4, -0.2) is 55.1 Å². The third kappa shape index (κ3) is 4.83. The van der Waals surface area contributed by atoms with Crippen LogP contribution < -0.4 is 0 Å². The molecule has 1 saturated heterocycles. The molecule has 0 N–H and O–H groups in total. The number of hydrogen-bond acceptors (Lipinski definition) is 3. The maximum Gasteiger partial charge on any atom is 0.237 e. The molecule has 0 aromatic heterocycles. The first-order chi connectivity index (χ1) is 10.2. The van der Waals surface area contributed by atoms with Crippen molar-refractivity contribution in [1.82, 2.24) is 9.80 Å². The second-order valence-corrected chi connectivity index (χ2v) is 5.60. The van der Waals surface area contributed by atoms with Gasteiger partial charge in [-0.3, -0.25) is 9.69 Å². The Morgan fingerprint density at radius 3 is 2.52 bits per heavy atom. The van der Waals surface area contributed by atoms with Crippen LogP contribution >= 0.6 is 0 Å². The molecular formula is C17H26N2O2. The van der Waals surface area contributed by atoms with Crippen LogP contribution in [0, 0.1) is 0 Å². The average Bonchev–Trinajstić information content (AvgIpc) is 2.54. The molecule has 1 heterocycles. The maximum absolute atomic E-state index is 12.5. The van der Waals surface area contributed by atoms with E-state index < -0.39 is 0 Å². The second kappa shape index (κ2) is 8.15. The summed E-state index contributed by atoms with van der Waals surface area (Å²) in [6.07, 6.45) is 2.41. The molecule has 116 valence electrons. The number of rotatable bonds is 6. The molecule has 4 nitrogen and oxygen atoms in total. The Kier molecular flexibility index (Phi) is 6.21. The topological polar surface area (TPSA) is 32.8 Å². The molecule has 21 heavy (non-hydrogen) atoms. The lowest BCUT2D eigenvalue weighted by atomic mass is 10.1. The molecule has 2 rings (SSSR count). The van der Waals surface area contributed by atoms with Crippen LogP contribution in [0.25, 0.3) is 0 Å². The van der Waals surface area contributed by atoms with E-state index in [2.05, 4.69) is 17.0 Å². The number of carbonyl (C=O) groups excluding carboxylic acids is 1. The Hall–Kier alpha value is -1.39. The fourth-order valence-corrected chi connectivity index (χ4v) is 2.77. The first-order valence-electron chi connectivity index (χ1n) is 7.79. The van der Waals surface area contributed by atoms with E-state index in [9.17, 15) is 4.79 Å². The summed E-state index contributed by atoms with van der Waals surface area (Å²) in [6.45, 7) is 5.92. The predicted molar refractivity (Wildman–Crippen MR) is 84.0 cm³/mol. The molecule has 1 aromatic carbocycles. The number of benzene rings is 1. The van der Waals surface area contributed by atoms with Crippen LogP contribution in [0.2, 0.25) is 0 Å². The lowest BCUT2D eigenvalue weighted by molar-refractivity contribution is -0.133. The third-order valence-electron chi connectivity index (χ3n) is 4.18. The Labute approximate surface area is 127 Å². The second-order valence-electron chi connectivity index (χ2n) is 5.60. The Bertz CT molecular complexity index is 428. The molecule has 0 saturated carbocycles. The number of ether oxygens (including phenoxy) is 1. The van der Waals surface area contributed by atoms with E-state index in [-0.39, 0.29) is 5.91 Å². The monoisotopic (exact) mass is 290 g/mol. The van der Waals surface area contributed by atoms with E-state index in [0.717, 1.165) is 32.5 Å². The van der Waals surface area contributed by atoms with Gasteiger partial charge in [-0.1, -0.05) is 30.3 Å². The predicted octanol–water partition coefficient (Wildman–Crippen LogP) is 2.15. The van der Waals surface area contributed by atoms with Crippen LogP contribution in [0.3, 0.4) is 0 Å². The number of nitrogens with zero attached hydrogens (tertiary/aromatic N) is 2. The Morgan fingerprint density at radius 2 is 1.95 bits per heavy atom. The lowest BCUT2D eigenvalue weighted by Gasteiger charge is -2.32. The van der Waals surface area contributed by atoms with Crippen LogP contribution in [0.5, 0.6) is 0 Å². The molecule has 0 bridgehead atoms. The Morgan fingerprint density at radius 1 is 1.29 bits per heavy atom. The summed E-state index contributed by atoms with van der Waals surface area (Å²) in [5.41, 5.74) is 1.19. The summed E-state index contributed by atoms with van der Waals surface area (Å²) in [7, 11) is 1.77. The van der Waals surface area contributed by atoms with E-state index in [1.54, 1.807) is 7.11 Å². The van der Waals surface area contributed by atoms with Gasteiger partial charge in [0.25, 0.3) is 0 Å².